The lowest BCUT2D eigenvalue weighted by molar-refractivity contribution is 0.00950. The summed E-state index contributed by atoms with van der Waals surface area (Å²) in [7, 11) is 0. The Bertz CT molecular complexity index is 394. The Balaban J connectivity index is 1.98. The summed E-state index contributed by atoms with van der Waals surface area (Å²) in [6.45, 7) is 5.98. The van der Waals surface area contributed by atoms with Crippen molar-refractivity contribution in [1.82, 2.24) is 4.90 Å². The van der Waals surface area contributed by atoms with Crippen LogP contribution >= 0.6 is 0 Å². The van der Waals surface area contributed by atoms with Gasteiger partial charge >= 0.3 is 0 Å². The molecule has 1 saturated heterocycles. The molecule has 18 heavy (non-hydrogen) atoms. The van der Waals surface area contributed by atoms with Gasteiger partial charge in [-0.05, 0) is 50.8 Å². The average molecular weight is 251 g/mol. The van der Waals surface area contributed by atoms with Crippen molar-refractivity contribution >= 4 is 0 Å². The zero-order chi connectivity index (χ0) is 13.1. The molecule has 0 aliphatic carbocycles. The highest BCUT2D eigenvalue weighted by molar-refractivity contribution is 5.18. The Morgan fingerprint density at radius 3 is 2.72 bits per heavy atom. The van der Waals surface area contributed by atoms with Crippen LogP contribution in [0.1, 0.15) is 25.8 Å². The van der Waals surface area contributed by atoms with E-state index in [1.54, 1.807) is 6.07 Å². The van der Waals surface area contributed by atoms with Crippen LogP contribution in [0.15, 0.2) is 24.3 Å². The van der Waals surface area contributed by atoms with E-state index in [1.807, 2.05) is 12.1 Å². The van der Waals surface area contributed by atoms with E-state index >= 15 is 0 Å². The Morgan fingerprint density at radius 2 is 2.11 bits per heavy atom. The van der Waals surface area contributed by atoms with Gasteiger partial charge in [0.05, 0.1) is 6.10 Å². The molecule has 1 heterocycles. The number of aliphatic hydroxyl groups excluding tert-OH is 1. The summed E-state index contributed by atoms with van der Waals surface area (Å²) in [4.78, 5) is 2.28. The second-order valence-corrected chi connectivity index (χ2v) is 5.50. The van der Waals surface area contributed by atoms with E-state index < -0.39 is 0 Å². The monoisotopic (exact) mass is 251 g/mol. The summed E-state index contributed by atoms with van der Waals surface area (Å²) in [6, 6.07) is 7.33. The molecule has 2 nitrogen and oxygen atoms in total. The number of rotatable bonds is 3. The summed E-state index contributed by atoms with van der Waals surface area (Å²) >= 11 is 0. The first-order chi connectivity index (χ1) is 8.58. The lowest BCUT2D eigenvalue weighted by atomic mass is 9.87. The smallest absolute Gasteiger partial charge is 0.126 e. The van der Waals surface area contributed by atoms with E-state index in [-0.39, 0.29) is 17.8 Å². The third-order valence-electron chi connectivity index (χ3n) is 3.92. The summed E-state index contributed by atoms with van der Waals surface area (Å²) in [6.07, 6.45) is 1.23. The molecule has 3 heteroatoms. The Hall–Kier alpha value is -0.930. The van der Waals surface area contributed by atoms with Crippen LogP contribution in [-0.4, -0.2) is 35.2 Å². The molecule has 1 aromatic carbocycles. The Morgan fingerprint density at radius 1 is 1.39 bits per heavy atom. The fraction of sp³-hybridized carbons (Fsp3) is 0.600. The molecule has 1 aromatic rings. The molecule has 0 radical (unpaired) electrons. The minimum Gasteiger partial charge on any atom is -0.391 e. The maximum atomic E-state index is 13.6. The molecule has 2 atom stereocenters. The van der Waals surface area contributed by atoms with Gasteiger partial charge in [0.1, 0.15) is 5.82 Å². The number of hydrogen-bond acceptors (Lipinski definition) is 2. The van der Waals surface area contributed by atoms with Crippen LogP contribution in [-0.2, 0) is 6.42 Å². The number of aliphatic hydroxyl groups is 1. The lowest BCUT2D eigenvalue weighted by Crippen LogP contribution is -2.47. The zero-order valence-corrected chi connectivity index (χ0v) is 11.1. The van der Waals surface area contributed by atoms with E-state index in [9.17, 15) is 9.50 Å². The Kier molecular flexibility index (Phi) is 4.36. The molecule has 0 bridgehead atoms. The minimum atomic E-state index is -0.347. The SMILES string of the molecule is CC(C)N1CC[C@H](Cc2ccccc2F)[C@@H](O)C1. The highest BCUT2D eigenvalue weighted by atomic mass is 19.1. The number of hydrogen-bond donors (Lipinski definition) is 1. The van der Waals surface area contributed by atoms with E-state index in [0.29, 0.717) is 19.0 Å². The summed E-state index contributed by atoms with van der Waals surface area (Å²) < 4.78 is 13.6. The molecule has 0 spiro atoms. The number of piperidine rings is 1. The predicted octanol–water partition coefficient (Wildman–Crippen LogP) is 2.46. The molecule has 0 unspecified atom stereocenters. The van der Waals surface area contributed by atoms with Crippen LogP contribution in [0.5, 0.6) is 0 Å². The van der Waals surface area contributed by atoms with Gasteiger partial charge in [-0.3, -0.25) is 4.90 Å². The van der Waals surface area contributed by atoms with Gasteiger partial charge in [-0.25, -0.2) is 4.39 Å². The molecule has 1 fully saturated rings. The maximum Gasteiger partial charge on any atom is 0.126 e. The fourth-order valence-corrected chi connectivity index (χ4v) is 2.66. The van der Waals surface area contributed by atoms with Crippen LogP contribution in [0.2, 0.25) is 0 Å². The van der Waals surface area contributed by atoms with Crippen LogP contribution in [0.4, 0.5) is 4.39 Å². The normalized spacial score (nSPS) is 25.6. The van der Waals surface area contributed by atoms with Crippen molar-refractivity contribution in [1.29, 1.82) is 0 Å². The highest BCUT2D eigenvalue weighted by Crippen LogP contribution is 2.24. The van der Waals surface area contributed by atoms with Crippen molar-refractivity contribution in [3.63, 3.8) is 0 Å². The number of benzene rings is 1. The summed E-state index contributed by atoms with van der Waals surface area (Å²) in [5.74, 6) is 0.0212. The molecule has 100 valence electrons. The second kappa shape index (κ2) is 5.81. The maximum absolute atomic E-state index is 13.6. The van der Waals surface area contributed by atoms with Crippen molar-refractivity contribution < 1.29 is 9.50 Å². The van der Waals surface area contributed by atoms with E-state index in [4.69, 9.17) is 0 Å². The molecule has 1 aliphatic rings. The lowest BCUT2D eigenvalue weighted by Gasteiger charge is -2.38. The van der Waals surface area contributed by atoms with Gasteiger partial charge in [-0.2, -0.15) is 0 Å². The van der Waals surface area contributed by atoms with Crippen LogP contribution in [0, 0.1) is 11.7 Å². The first-order valence-corrected chi connectivity index (χ1v) is 6.73. The van der Waals surface area contributed by atoms with E-state index in [2.05, 4.69) is 18.7 Å². The molecular formula is C15H22FNO. The van der Waals surface area contributed by atoms with Crippen LogP contribution in [0.25, 0.3) is 0 Å². The van der Waals surface area contributed by atoms with Crippen molar-refractivity contribution in [2.45, 2.75) is 38.8 Å². The number of β-amino-alcohol motifs (C(OH)–C–C–N with tert-alkyl or cyclic N) is 1. The van der Waals surface area contributed by atoms with Crippen molar-refractivity contribution in [2.24, 2.45) is 5.92 Å². The van der Waals surface area contributed by atoms with Gasteiger partial charge in [0.25, 0.3) is 0 Å². The number of likely N-dealkylation sites (tertiary alicyclic amines) is 1. The topological polar surface area (TPSA) is 23.5 Å². The molecule has 0 amide bonds. The Labute approximate surface area is 108 Å². The molecule has 1 aliphatic heterocycles. The van der Waals surface area contributed by atoms with E-state index in [0.717, 1.165) is 18.5 Å². The standard InChI is InChI=1S/C15H22FNO/c1-11(2)17-8-7-13(15(18)10-17)9-12-5-3-4-6-14(12)16/h3-6,11,13,15,18H,7-10H2,1-2H3/t13-,15+/m1/s1. The number of nitrogens with zero attached hydrogens (tertiary/aromatic N) is 1. The third-order valence-corrected chi connectivity index (χ3v) is 3.92. The van der Waals surface area contributed by atoms with Gasteiger partial charge in [-0.1, -0.05) is 18.2 Å². The predicted molar refractivity (Wildman–Crippen MR) is 70.9 cm³/mol. The minimum absolute atomic E-state index is 0.156. The van der Waals surface area contributed by atoms with Gasteiger partial charge in [0.15, 0.2) is 0 Å². The number of halogens is 1. The molecule has 1 N–H and O–H groups in total. The summed E-state index contributed by atoms with van der Waals surface area (Å²) in [5.41, 5.74) is 0.722. The molecule has 2 rings (SSSR count). The first kappa shape index (κ1) is 13.5. The third kappa shape index (κ3) is 3.09. The van der Waals surface area contributed by atoms with Gasteiger partial charge in [0.2, 0.25) is 0 Å². The highest BCUT2D eigenvalue weighted by Gasteiger charge is 2.29. The van der Waals surface area contributed by atoms with Gasteiger partial charge in [0, 0.05) is 12.6 Å². The fourth-order valence-electron chi connectivity index (χ4n) is 2.66. The van der Waals surface area contributed by atoms with E-state index in [1.165, 1.54) is 6.07 Å². The van der Waals surface area contributed by atoms with Crippen LogP contribution in [0.3, 0.4) is 0 Å². The van der Waals surface area contributed by atoms with Crippen LogP contribution < -0.4 is 0 Å². The first-order valence-electron chi connectivity index (χ1n) is 6.73. The molecule has 0 saturated carbocycles. The molecular weight excluding hydrogens is 229 g/mol. The van der Waals surface area contributed by atoms with Crippen molar-refractivity contribution in [2.75, 3.05) is 13.1 Å². The largest absolute Gasteiger partial charge is 0.391 e. The second-order valence-electron chi connectivity index (χ2n) is 5.50. The summed E-state index contributed by atoms with van der Waals surface area (Å²) in [5, 5.41) is 10.2. The van der Waals surface area contributed by atoms with Crippen molar-refractivity contribution in [3.05, 3.63) is 35.6 Å². The van der Waals surface area contributed by atoms with Crippen molar-refractivity contribution in [3.8, 4) is 0 Å². The van der Waals surface area contributed by atoms with Gasteiger partial charge < -0.3 is 5.11 Å². The quantitative estimate of drug-likeness (QED) is 0.892. The zero-order valence-electron chi connectivity index (χ0n) is 11.1. The average Bonchev–Trinajstić information content (AvgIpc) is 2.34. The molecule has 0 aromatic heterocycles. The van der Waals surface area contributed by atoms with Gasteiger partial charge in [-0.15, -0.1) is 0 Å².